The molecule has 0 heterocycles. The van der Waals surface area contributed by atoms with Crippen molar-refractivity contribution in [3.63, 3.8) is 0 Å². The van der Waals surface area contributed by atoms with E-state index < -0.39 is 21.9 Å². The summed E-state index contributed by atoms with van der Waals surface area (Å²) in [6.07, 6.45) is 1.35. The minimum absolute atomic E-state index is 0.0550. The molecule has 11 heteroatoms. The van der Waals surface area contributed by atoms with Crippen molar-refractivity contribution in [2.45, 2.75) is 4.90 Å². The number of amides is 1. The molecule has 38 heavy (non-hydrogen) atoms. The van der Waals surface area contributed by atoms with E-state index in [1.54, 1.807) is 48.5 Å². The number of ether oxygens (including phenoxy) is 1. The van der Waals surface area contributed by atoms with Gasteiger partial charge >= 0.3 is 5.97 Å². The summed E-state index contributed by atoms with van der Waals surface area (Å²) >= 11 is 9.18. The molecule has 0 aliphatic carbocycles. The molecule has 0 fully saturated rings. The second-order valence-electron chi connectivity index (χ2n) is 7.77. The first kappa shape index (κ1) is 27.1. The van der Waals surface area contributed by atoms with Crippen LogP contribution in [0, 0.1) is 0 Å². The Hall–Kier alpha value is -3.99. The maximum atomic E-state index is 12.5. The molecule has 1 amide bonds. The van der Waals surface area contributed by atoms with Crippen LogP contribution in [-0.4, -0.2) is 26.5 Å². The standard InChI is InChI=1S/C27H19BrClN3O5S/c28-21-8-15-25(37-27(34)19-4-2-1-3-5-19)20(16-21)17-30-31-26(33)18-6-11-23(12-7-18)32-38(35,36)24-13-9-22(29)10-14-24/h1-17,32H,(H,31,33). The molecule has 4 aromatic rings. The molecule has 0 aromatic heterocycles. The molecule has 4 aromatic carbocycles. The van der Waals surface area contributed by atoms with Crippen LogP contribution in [0.5, 0.6) is 5.75 Å². The highest BCUT2D eigenvalue weighted by atomic mass is 79.9. The summed E-state index contributed by atoms with van der Waals surface area (Å²) in [5.41, 5.74) is 3.78. The van der Waals surface area contributed by atoms with Gasteiger partial charge in [-0.15, -0.1) is 0 Å². The molecular weight excluding hydrogens is 594 g/mol. The van der Waals surface area contributed by atoms with Gasteiger partial charge in [0.05, 0.1) is 16.7 Å². The highest BCUT2D eigenvalue weighted by molar-refractivity contribution is 9.10. The molecular formula is C27H19BrClN3O5S. The van der Waals surface area contributed by atoms with E-state index in [2.05, 4.69) is 31.2 Å². The third-order valence-electron chi connectivity index (χ3n) is 5.08. The summed E-state index contributed by atoms with van der Waals surface area (Å²) in [6, 6.07) is 25.1. The van der Waals surface area contributed by atoms with Crippen molar-refractivity contribution in [2.24, 2.45) is 5.10 Å². The number of sulfonamides is 1. The molecule has 0 spiro atoms. The molecule has 0 aliphatic heterocycles. The summed E-state index contributed by atoms with van der Waals surface area (Å²) in [4.78, 5) is 25.0. The lowest BCUT2D eigenvalue weighted by Gasteiger charge is -2.09. The average molecular weight is 613 g/mol. The molecule has 0 radical (unpaired) electrons. The first-order chi connectivity index (χ1) is 18.2. The van der Waals surface area contributed by atoms with Gasteiger partial charge in [-0.2, -0.15) is 5.10 Å². The zero-order valence-electron chi connectivity index (χ0n) is 19.5. The Bertz CT molecular complexity index is 1590. The van der Waals surface area contributed by atoms with Crippen LogP contribution < -0.4 is 14.9 Å². The van der Waals surface area contributed by atoms with E-state index in [1.807, 2.05) is 0 Å². The van der Waals surface area contributed by atoms with Gasteiger partial charge in [-0.3, -0.25) is 9.52 Å². The van der Waals surface area contributed by atoms with E-state index in [-0.39, 0.29) is 21.9 Å². The van der Waals surface area contributed by atoms with Crippen LogP contribution >= 0.6 is 27.5 Å². The van der Waals surface area contributed by atoms with Crippen molar-refractivity contribution >= 4 is 61.3 Å². The van der Waals surface area contributed by atoms with Gasteiger partial charge in [-0.1, -0.05) is 45.7 Å². The first-order valence-corrected chi connectivity index (χ1v) is 13.7. The number of esters is 1. The van der Waals surface area contributed by atoms with Crippen molar-refractivity contribution < 1.29 is 22.7 Å². The van der Waals surface area contributed by atoms with E-state index >= 15 is 0 Å². The summed E-state index contributed by atoms with van der Waals surface area (Å²) in [7, 11) is -3.81. The lowest BCUT2D eigenvalue weighted by Crippen LogP contribution is -2.18. The number of nitrogens with one attached hydrogen (secondary N) is 2. The number of anilines is 1. The van der Waals surface area contributed by atoms with Gasteiger partial charge in [0.25, 0.3) is 15.9 Å². The predicted octanol–water partition coefficient (Wildman–Crippen LogP) is 5.89. The van der Waals surface area contributed by atoms with Crippen LogP contribution in [0.4, 0.5) is 5.69 Å². The fraction of sp³-hybridized carbons (Fsp3) is 0. The number of halogens is 2. The van der Waals surface area contributed by atoms with Crippen LogP contribution in [0.1, 0.15) is 26.3 Å². The molecule has 2 N–H and O–H groups in total. The molecule has 8 nitrogen and oxygen atoms in total. The van der Waals surface area contributed by atoms with E-state index in [0.29, 0.717) is 16.1 Å². The second-order valence-corrected chi connectivity index (χ2v) is 10.8. The van der Waals surface area contributed by atoms with Gasteiger partial charge < -0.3 is 4.74 Å². The normalized spacial score (nSPS) is 11.2. The van der Waals surface area contributed by atoms with Crippen LogP contribution in [0.15, 0.2) is 112 Å². The largest absolute Gasteiger partial charge is 0.422 e. The zero-order chi connectivity index (χ0) is 27.1. The SMILES string of the molecule is O=C(NN=Cc1cc(Br)ccc1OC(=O)c1ccccc1)c1ccc(NS(=O)(=O)c2ccc(Cl)cc2)cc1. The minimum atomic E-state index is -3.81. The van der Waals surface area contributed by atoms with Gasteiger partial charge in [0.15, 0.2) is 0 Å². The Labute approximate surface area is 232 Å². The molecule has 0 atom stereocenters. The second kappa shape index (κ2) is 12.0. The fourth-order valence-electron chi connectivity index (χ4n) is 3.19. The van der Waals surface area contributed by atoms with Crippen molar-refractivity contribution in [3.8, 4) is 5.75 Å². The summed E-state index contributed by atoms with van der Waals surface area (Å²) in [5.74, 6) is -0.790. The van der Waals surface area contributed by atoms with Crippen LogP contribution in [-0.2, 0) is 10.0 Å². The molecule has 0 unspecified atom stereocenters. The molecule has 192 valence electrons. The third kappa shape index (κ3) is 7.06. The minimum Gasteiger partial charge on any atom is -0.422 e. The number of hydrogen-bond acceptors (Lipinski definition) is 6. The van der Waals surface area contributed by atoms with Crippen molar-refractivity contribution in [1.82, 2.24) is 5.43 Å². The first-order valence-electron chi connectivity index (χ1n) is 11.0. The highest BCUT2D eigenvalue weighted by Crippen LogP contribution is 2.23. The third-order valence-corrected chi connectivity index (χ3v) is 7.22. The zero-order valence-corrected chi connectivity index (χ0v) is 22.6. The quantitative estimate of drug-likeness (QED) is 0.112. The van der Waals surface area contributed by atoms with Crippen LogP contribution in [0.3, 0.4) is 0 Å². The van der Waals surface area contributed by atoms with Gasteiger partial charge in [-0.25, -0.2) is 18.6 Å². The van der Waals surface area contributed by atoms with E-state index in [9.17, 15) is 18.0 Å². The monoisotopic (exact) mass is 611 g/mol. The number of hydrazone groups is 1. The number of rotatable bonds is 8. The molecule has 0 saturated heterocycles. The van der Waals surface area contributed by atoms with Gasteiger partial charge in [0.1, 0.15) is 5.75 Å². The lowest BCUT2D eigenvalue weighted by molar-refractivity contribution is 0.0734. The van der Waals surface area contributed by atoms with Crippen molar-refractivity contribution in [2.75, 3.05) is 4.72 Å². The molecule has 0 aliphatic rings. The van der Waals surface area contributed by atoms with E-state index in [1.165, 1.54) is 54.7 Å². The fourth-order valence-corrected chi connectivity index (χ4v) is 4.75. The predicted molar refractivity (Wildman–Crippen MR) is 149 cm³/mol. The molecule has 0 bridgehead atoms. The Morgan fingerprint density at radius 1 is 0.868 bits per heavy atom. The summed E-state index contributed by atoms with van der Waals surface area (Å²) in [5, 5.41) is 4.39. The van der Waals surface area contributed by atoms with Crippen LogP contribution in [0.25, 0.3) is 0 Å². The van der Waals surface area contributed by atoms with Gasteiger partial charge in [-0.05, 0) is 78.9 Å². The maximum Gasteiger partial charge on any atom is 0.343 e. The number of benzene rings is 4. The van der Waals surface area contributed by atoms with E-state index in [4.69, 9.17) is 16.3 Å². The number of carbonyl (C=O) groups excluding carboxylic acids is 2. The number of carbonyl (C=O) groups is 2. The lowest BCUT2D eigenvalue weighted by atomic mass is 10.2. The van der Waals surface area contributed by atoms with Crippen LogP contribution in [0.2, 0.25) is 5.02 Å². The Kier molecular flexibility index (Phi) is 8.57. The van der Waals surface area contributed by atoms with Gasteiger partial charge in [0.2, 0.25) is 0 Å². The average Bonchev–Trinajstić information content (AvgIpc) is 2.91. The Morgan fingerprint density at radius 3 is 2.24 bits per heavy atom. The van der Waals surface area contributed by atoms with Crippen molar-refractivity contribution in [1.29, 1.82) is 0 Å². The van der Waals surface area contributed by atoms with E-state index in [0.717, 1.165) is 4.47 Å². The smallest absolute Gasteiger partial charge is 0.343 e. The van der Waals surface area contributed by atoms with Gasteiger partial charge in [0, 0.05) is 26.3 Å². The topological polar surface area (TPSA) is 114 Å². The number of nitrogens with zero attached hydrogens (tertiary/aromatic N) is 1. The molecule has 0 saturated carbocycles. The Morgan fingerprint density at radius 2 is 1.55 bits per heavy atom. The molecule has 4 rings (SSSR count). The summed E-state index contributed by atoms with van der Waals surface area (Å²) < 4.78 is 33.7. The Balaban J connectivity index is 1.40. The van der Waals surface area contributed by atoms with Crippen molar-refractivity contribution in [3.05, 3.63) is 123 Å². The summed E-state index contributed by atoms with van der Waals surface area (Å²) in [6.45, 7) is 0. The maximum absolute atomic E-state index is 12.5. The number of hydrogen-bond donors (Lipinski definition) is 2. The highest BCUT2D eigenvalue weighted by Gasteiger charge is 2.15.